The number of halogens is 1. The number of pyridine rings is 2. The SMILES string of the molecule is Cc1cccc(-n2nc(NCc3ccc(F)cc3)cc2-c2ccc3ncnn3c2)n1. The first-order chi connectivity index (χ1) is 14.7. The summed E-state index contributed by atoms with van der Waals surface area (Å²) < 4.78 is 16.7. The van der Waals surface area contributed by atoms with Crippen molar-refractivity contribution in [3.63, 3.8) is 0 Å². The summed E-state index contributed by atoms with van der Waals surface area (Å²) in [4.78, 5) is 8.82. The van der Waals surface area contributed by atoms with Crippen LogP contribution in [0.25, 0.3) is 22.7 Å². The van der Waals surface area contributed by atoms with Gasteiger partial charge in [-0.3, -0.25) is 0 Å². The van der Waals surface area contributed by atoms with E-state index in [1.165, 1.54) is 18.5 Å². The molecule has 0 aliphatic rings. The van der Waals surface area contributed by atoms with Crippen molar-refractivity contribution in [1.82, 2.24) is 29.4 Å². The molecule has 7 nitrogen and oxygen atoms in total. The number of nitrogens with one attached hydrogen (secondary N) is 1. The third-order valence-electron chi connectivity index (χ3n) is 4.76. The van der Waals surface area contributed by atoms with Gasteiger partial charge in [-0.15, -0.1) is 5.10 Å². The first kappa shape index (κ1) is 18.0. The fraction of sp³-hybridized carbons (Fsp3) is 0.0909. The summed E-state index contributed by atoms with van der Waals surface area (Å²) in [5.41, 5.74) is 4.44. The number of nitrogens with zero attached hydrogens (tertiary/aromatic N) is 6. The second-order valence-corrected chi connectivity index (χ2v) is 6.92. The number of fused-ring (bicyclic) bond motifs is 1. The Hall–Kier alpha value is -4.07. The van der Waals surface area contributed by atoms with E-state index in [0.29, 0.717) is 12.4 Å². The zero-order chi connectivity index (χ0) is 20.5. The fourth-order valence-electron chi connectivity index (χ4n) is 3.26. The first-order valence-electron chi connectivity index (χ1n) is 9.48. The molecule has 0 saturated heterocycles. The molecule has 0 aliphatic heterocycles. The van der Waals surface area contributed by atoms with E-state index in [4.69, 9.17) is 5.10 Å². The number of anilines is 1. The molecule has 0 atom stereocenters. The second kappa shape index (κ2) is 7.40. The Labute approximate surface area is 171 Å². The van der Waals surface area contributed by atoms with Crippen LogP contribution in [-0.2, 0) is 6.54 Å². The van der Waals surface area contributed by atoms with Crippen LogP contribution in [0.4, 0.5) is 10.2 Å². The highest BCUT2D eigenvalue weighted by Crippen LogP contribution is 2.26. The van der Waals surface area contributed by atoms with E-state index in [1.807, 2.05) is 49.5 Å². The van der Waals surface area contributed by atoms with Crippen LogP contribution in [-0.4, -0.2) is 29.4 Å². The third kappa shape index (κ3) is 3.50. The van der Waals surface area contributed by atoms with Gasteiger partial charge in [0.15, 0.2) is 11.5 Å². The molecule has 5 rings (SSSR count). The molecule has 4 aromatic heterocycles. The van der Waals surface area contributed by atoms with Gasteiger partial charge in [-0.25, -0.2) is 23.6 Å². The quantitative estimate of drug-likeness (QED) is 0.483. The molecule has 1 N–H and O–H groups in total. The molecule has 0 saturated carbocycles. The van der Waals surface area contributed by atoms with E-state index >= 15 is 0 Å². The van der Waals surface area contributed by atoms with E-state index in [0.717, 1.165) is 34.0 Å². The van der Waals surface area contributed by atoms with Gasteiger partial charge in [0.05, 0.1) is 5.69 Å². The van der Waals surface area contributed by atoms with Crippen LogP contribution >= 0.6 is 0 Å². The minimum Gasteiger partial charge on any atom is -0.364 e. The number of rotatable bonds is 5. The zero-order valence-corrected chi connectivity index (χ0v) is 16.2. The molecule has 5 aromatic rings. The highest BCUT2D eigenvalue weighted by atomic mass is 19.1. The Kier molecular flexibility index (Phi) is 4.44. The monoisotopic (exact) mass is 399 g/mol. The average Bonchev–Trinajstić information content (AvgIpc) is 3.40. The molecule has 0 amide bonds. The summed E-state index contributed by atoms with van der Waals surface area (Å²) in [6.07, 6.45) is 3.43. The molecule has 0 radical (unpaired) electrons. The minimum atomic E-state index is -0.251. The van der Waals surface area contributed by atoms with Crippen molar-refractivity contribution in [2.75, 3.05) is 5.32 Å². The van der Waals surface area contributed by atoms with Crippen molar-refractivity contribution in [2.24, 2.45) is 0 Å². The average molecular weight is 399 g/mol. The van der Waals surface area contributed by atoms with Crippen molar-refractivity contribution >= 4 is 11.5 Å². The zero-order valence-electron chi connectivity index (χ0n) is 16.2. The molecule has 148 valence electrons. The summed E-state index contributed by atoms with van der Waals surface area (Å²) in [5, 5.41) is 12.3. The van der Waals surface area contributed by atoms with Gasteiger partial charge in [-0.2, -0.15) is 5.10 Å². The van der Waals surface area contributed by atoms with Crippen molar-refractivity contribution in [3.8, 4) is 17.1 Å². The van der Waals surface area contributed by atoms with E-state index < -0.39 is 0 Å². The molecule has 0 spiro atoms. The minimum absolute atomic E-state index is 0.251. The lowest BCUT2D eigenvalue weighted by Gasteiger charge is -2.07. The van der Waals surface area contributed by atoms with Crippen molar-refractivity contribution in [3.05, 3.63) is 90.3 Å². The van der Waals surface area contributed by atoms with Crippen LogP contribution in [0.2, 0.25) is 0 Å². The second-order valence-electron chi connectivity index (χ2n) is 6.92. The Morgan fingerprint density at radius 2 is 1.90 bits per heavy atom. The molecule has 1 aromatic carbocycles. The molecule has 0 fully saturated rings. The lowest BCUT2D eigenvalue weighted by atomic mass is 10.2. The molecule has 0 unspecified atom stereocenters. The molecule has 8 heteroatoms. The van der Waals surface area contributed by atoms with E-state index in [1.54, 1.807) is 21.3 Å². The van der Waals surface area contributed by atoms with Crippen LogP contribution < -0.4 is 5.32 Å². The maximum Gasteiger partial charge on any atom is 0.155 e. The van der Waals surface area contributed by atoms with E-state index in [-0.39, 0.29) is 5.82 Å². The van der Waals surface area contributed by atoms with Gasteiger partial charge < -0.3 is 5.32 Å². The number of aromatic nitrogens is 6. The van der Waals surface area contributed by atoms with Crippen LogP contribution in [0.3, 0.4) is 0 Å². The predicted octanol–water partition coefficient (Wildman–Crippen LogP) is 4.04. The van der Waals surface area contributed by atoms with E-state index in [9.17, 15) is 4.39 Å². The van der Waals surface area contributed by atoms with Gasteiger partial charge in [-0.1, -0.05) is 18.2 Å². The molecular weight excluding hydrogens is 381 g/mol. The lowest BCUT2D eigenvalue weighted by Crippen LogP contribution is -2.04. The normalized spacial score (nSPS) is 11.1. The maximum atomic E-state index is 13.1. The van der Waals surface area contributed by atoms with Gasteiger partial charge in [-0.05, 0) is 48.9 Å². The summed E-state index contributed by atoms with van der Waals surface area (Å²) in [5.74, 6) is 1.16. The first-order valence-corrected chi connectivity index (χ1v) is 9.48. The van der Waals surface area contributed by atoms with Crippen LogP contribution in [0.1, 0.15) is 11.3 Å². The Morgan fingerprint density at radius 1 is 1.03 bits per heavy atom. The number of benzene rings is 1. The Bertz CT molecular complexity index is 1320. The summed E-state index contributed by atoms with van der Waals surface area (Å²) in [6.45, 7) is 2.47. The molecule has 0 bridgehead atoms. The van der Waals surface area contributed by atoms with Gasteiger partial charge in [0.25, 0.3) is 0 Å². The molecule has 0 aliphatic carbocycles. The Balaban J connectivity index is 1.54. The van der Waals surface area contributed by atoms with Crippen molar-refractivity contribution in [2.45, 2.75) is 13.5 Å². The highest BCUT2D eigenvalue weighted by Gasteiger charge is 2.14. The summed E-state index contributed by atoms with van der Waals surface area (Å²) in [6, 6.07) is 18.1. The van der Waals surface area contributed by atoms with Crippen LogP contribution in [0, 0.1) is 12.7 Å². The van der Waals surface area contributed by atoms with Gasteiger partial charge >= 0.3 is 0 Å². The summed E-state index contributed by atoms with van der Waals surface area (Å²) >= 11 is 0. The van der Waals surface area contributed by atoms with Crippen LogP contribution in [0.15, 0.2) is 73.2 Å². The molecule has 30 heavy (non-hydrogen) atoms. The molecule has 4 heterocycles. The standard InChI is InChI=1S/C22H18FN7/c1-15-3-2-4-22(27-15)30-19(17-7-10-21-25-14-26-29(21)13-17)11-20(28-30)24-12-16-5-8-18(23)9-6-16/h2-11,13-14H,12H2,1H3,(H,24,28). The van der Waals surface area contributed by atoms with E-state index in [2.05, 4.69) is 20.4 Å². The Morgan fingerprint density at radius 3 is 2.73 bits per heavy atom. The van der Waals surface area contributed by atoms with Gasteiger partial charge in [0.1, 0.15) is 18.0 Å². The summed E-state index contributed by atoms with van der Waals surface area (Å²) in [7, 11) is 0. The van der Waals surface area contributed by atoms with Crippen LogP contribution in [0.5, 0.6) is 0 Å². The fourth-order valence-corrected chi connectivity index (χ4v) is 3.26. The van der Waals surface area contributed by atoms with Crippen molar-refractivity contribution < 1.29 is 4.39 Å². The predicted molar refractivity (Wildman–Crippen MR) is 112 cm³/mol. The van der Waals surface area contributed by atoms with Gasteiger partial charge in [0.2, 0.25) is 0 Å². The third-order valence-corrected chi connectivity index (χ3v) is 4.76. The number of aryl methyl sites for hydroxylation is 1. The van der Waals surface area contributed by atoms with Crippen molar-refractivity contribution in [1.29, 1.82) is 0 Å². The maximum absolute atomic E-state index is 13.1. The lowest BCUT2D eigenvalue weighted by molar-refractivity contribution is 0.627. The number of hydrogen-bond acceptors (Lipinski definition) is 5. The smallest absolute Gasteiger partial charge is 0.155 e. The highest BCUT2D eigenvalue weighted by molar-refractivity contribution is 5.66. The topological polar surface area (TPSA) is 72.9 Å². The van der Waals surface area contributed by atoms with Gasteiger partial charge in [0, 0.05) is 30.1 Å². The number of hydrogen-bond donors (Lipinski definition) is 1. The molecular formula is C22H18FN7. The largest absolute Gasteiger partial charge is 0.364 e.